The van der Waals surface area contributed by atoms with Gasteiger partial charge in [-0.1, -0.05) is 23.7 Å². The van der Waals surface area contributed by atoms with Crippen molar-refractivity contribution in [2.24, 2.45) is 0 Å². The van der Waals surface area contributed by atoms with Gasteiger partial charge in [0.2, 0.25) is 6.10 Å². The van der Waals surface area contributed by atoms with Crippen molar-refractivity contribution in [1.82, 2.24) is 0 Å². The first-order valence-corrected chi connectivity index (χ1v) is 5.95. The number of carboxylic acids is 1. The minimum absolute atomic E-state index is 0.269. The van der Waals surface area contributed by atoms with Gasteiger partial charge in [0.1, 0.15) is 5.60 Å². The SMILES string of the molecule is CC(C)(C)OC(=O)OC(C(=O)O)c1cccc(Cl)c1. The second-order valence-corrected chi connectivity index (χ2v) is 5.29. The second-order valence-electron chi connectivity index (χ2n) is 4.86. The Morgan fingerprint density at radius 3 is 2.42 bits per heavy atom. The average molecular weight is 287 g/mol. The minimum Gasteiger partial charge on any atom is -0.478 e. The molecule has 0 radical (unpaired) electrons. The van der Waals surface area contributed by atoms with Crippen molar-refractivity contribution in [3.63, 3.8) is 0 Å². The third kappa shape index (κ3) is 5.18. The minimum atomic E-state index is -1.45. The summed E-state index contributed by atoms with van der Waals surface area (Å²) in [5.74, 6) is -1.30. The highest BCUT2D eigenvalue weighted by Gasteiger charge is 2.27. The summed E-state index contributed by atoms with van der Waals surface area (Å²) in [6.45, 7) is 4.97. The van der Waals surface area contributed by atoms with Crippen molar-refractivity contribution in [2.75, 3.05) is 0 Å². The van der Waals surface area contributed by atoms with Crippen molar-refractivity contribution >= 4 is 23.7 Å². The summed E-state index contributed by atoms with van der Waals surface area (Å²) in [6.07, 6.45) is -2.49. The zero-order valence-corrected chi connectivity index (χ0v) is 11.6. The Balaban J connectivity index is 2.85. The van der Waals surface area contributed by atoms with Gasteiger partial charge in [-0.25, -0.2) is 9.59 Å². The van der Waals surface area contributed by atoms with E-state index in [2.05, 4.69) is 0 Å². The standard InChI is InChI=1S/C13H15ClO5/c1-13(2,3)19-12(17)18-10(11(15)16)8-5-4-6-9(14)7-8/h4-7,10H,1-3H3,(H,15,16). The van der Waals surface area contributed by atoms with E-state index in [4.69, 9.17) is 26.2 Å². The van der Waals surface area contributed by atoms with Crippen LogP contribution in [0, 0.1) is 0 Å². The number of carbonyl (C=O) groups is 2. The van der Waals surface area contributed by atoms with Crippen molar-refractivity contribution in [1.29, 1.82) is 0 Å². The van der Waals surface area contributed by atoms with E-state index in [1.165, 1.54) is 12.1 Å². The molecule has 0 aliphatic heterocycles. The monoisotopic (exact) mass is 286 g/mol. The molecule has 104 valence electrons. The van der Waals surface area contributed by atoms with Crippen LogP contribution in [0.5, 0.6) is 0 Å². The van der Waals surface area contributed by atoms with E-state index in [1.54, 1.807) is 32.9 Å². The molecule has 0 aliphatic rings. The predicted octanol–water partition coefficient (Wildman–Crippen LogP) is 3.42. The van der Waals surface area contributed by atoms with Gasteiger partial charge < -0.3 is 14.6 Å². The summed E-state index contributed by atoms with van der Waals surface area (Å²) in [7, 11) is 0. The maximum Gasteiger partial charge on any atom is 0.509 e. The molecule has 0 heterocycles. The molecule has 1 atom stereocenters. The topological polar surface area (TPSA) is 72.8 Å². The normalized spacial score (nSPS) is 12.6. The van der Waals surface area contributed by atoms with Crippen molar-refractivity contribution < 1.29 is 24.2 Å². The van der Waals surface area contributed by atoms with Crippen molar-refractivity contribution in [2.45, 2.75) is 32.5 Å². The van der Waals surface area contributed by atoms with Gasteiger partial charge in [-0.05, 0) is 32.9 Å². The number of ether oxygens (including phenoxy) is 2. The molecule has 1 unspecified atom stereocenters. The maximum absolute atomic E-state index is 11.5. The van der Waals surface area contributed by atoms with Crippen LogP contribution in [0.15, 0.2) is 24.3 Å². The quantitative estimate of drug-likeness (QED) is 0.862. The van der Waals surface area contributed by atoms with Crippen molar-refractivity contribution in [3.05, 3.63) is 34.9 Å². The summed E-state index contributed by atoms with van der Waals surface area (Å²) in [6, 6.07) is 6.10. The van der Waals surface area contributed by atoms with E-state index in [-0.39, 0.29) is 5.56 Å². The number of carbonyl (C=O) groups excluding carboxylic acids is 1. The van der Waals surface area contributed by atoms with Gasteiger partial charge in [-0.3, -0.25) is 0 Å². The van der Waals surface area contributed by atoms with Gasteiger partial charge in [0.05, 0.1) is 0 Å². The van der Waals surface area contributed by atoms with Gasteiger partial charge in [-0.2, -0.15) is 0 Å². The molecule has 1 N–H and O–H groups in total. The van der Waals surface area contributed by atoms with E-state index in [0.717, 1.165) is 0 Å². The summed E-state index contributed by atoms with van der Waals surface area (Å²) in [5.41, 5.74) is -0.486. The Morgan fingerprint density at radius 2 is 1.95 bits per heavy atom. The lowest BCUT2D eigenvalue weighted by Gasteiger charge is -2.21. The molecule has 0 aliphatic carbocycles. The van der Waals surface area contributed by atoms with Crippen LogP contribution in [0.1, 0.15) is 32.4 Å². The highest BCUT2D eigenvalue weighted by molar-refractivity contribution is 6.30. The Kier molecular flexibility index (Phi) is 4.78. The Hall–Kier alpha value is -1.75. The summed E-state index contributed by atoms with van der Waals surface area (Å²) >= 11 is 5.77. The summed E-state index contributed by atoms with van der Waals surface area (Å²) < 4.78 is 9.72. The van der Waals surface area contributed by atoms with Crippen LogP contribution in [0.4, 0.5) is 4.79 Å². The fourth-order valence-electron chi connectivity index (χ4n) is 1.30. The third-order valence-electron chi connectivity index (χ3n) is 1.98. The molecular weight excluding hydrogens is 272 g/mol. The van der Waals surface area contributed by atoms with E-state index in [9.17, 15) is 9.59 Å². The number of aliphatic carboxylic acids is 1. The number of benzene rings is 1. The molecular formula is C13H15ClO5. The van der Waals surface area contributed by atoms with Crippen molar-refractivity contribution in [3.8, 4) is 0 Å². The largest absolute Gasteiger partial charge is 0.509 e. The van der Waals surface area contributed by atoms with Gasteiger partial charge in [0.15, 0.2) is 0 Å². The molecule has 1 aromatic carbocycles. The van der Waals surface area contributed by atoms with Gasteiger partial charge in [-0.15, -0.1) is 0 Å². The van der Waals surface area contributed by atoms with E-state index >= 15 is 0 Å². The summed E-state index contributed by atoms with van der Waals surface area (Å²) in [5, 5.41) is 9.45. The molecule has 1 rings (SSSR count). The first-order valence-electron chi connectivity index (χ1n) is 5.57. The predicted molar refractivity (Wildman–Crippen MR) is 69.1 cm³/mol. The molecule has 0 saturated heterocycles. The Labute approximate surface area is 116 Å². The molecule has 1 aromatic rings. The van der Waals surface area contributed by atoms with Crippen LogP contribution in [-0.4, -0.2) is 22.8 Å². The molecule has 19 heavy (non-hydrogen) atoms. The average Bonchev–Trinajstić information content (AvgIpc) is 2.23. The highest BCUT2D eigenvalue weighted by Crippen LogP contribution is 2.22. The van der Waals surface area contributed by atoms with E-state index < -0.39 is 23.8 Å². The fraction of sp³-hybridized carbons (Fsp3) is 0.385. The lowest BCUT2D eigenvalue weighted by molar-refractivity contribution is -0.149. The molecule has 5 nitrogen and oxygen atoms in total. The maximum atomic E-state index is 11.5. The number of rotatable bonds is 3. The van der Waals surface area contributed by atoms with Crippen LogP contribution in [0.3, 0.4) is 0 Å². The zero-order chi connectivity index (χ0) is 14.6. The van der Waals surface area contributed by atoms with Gasteiger partial charge in [0, 0.05) is 10.6 Å². The number of carboxylic acid groups (broad SMARTS) is 1. The number of hydrogen-bond acceptors (Lipinski definition) is 4. The molecule has 0 saturated carbocycles. The molecule has 6 heteroatoms. The zero-order valence-electron chi connectivity index (χ0n) is 10.8. The lowest BCUT2D eigenvalue weighted by atomic mass is 10.1. The smallest absolute Gasteiger partial charge is 0.478 e. The van der Waals surface area contributed by atoms with Crippen LogP contribution < -0.4 is 0 Å². The van der Waals surface area contributed by atoms with Crippen LogP contribution in [0.25, 0.3) is 0 Å². The second kappa shape index (κ2) is 5.93. The first kappa shape index (κ1) is 15.3. The lowest BCUT2D eigenvalue weighted by Crippen LogP contribution is -2.27. The van der Waals surface area contributed by atoms with E-state index in [0.29, 0.717) is 5.02 Å². The molecule has 0 amide bonds. The third-order valence-corrected chi connectivity index (χ3v) is 2.21. The Bertz CT molecular complexity index is 478. The Morgan fingerprint density at radius 1 is 1.32 bits per heavy atom. The van der Waals surface area contributed by atoms with Gasteiger partial charge in [0.25, 0.3) is 0 Å². The summed E-state index contributed by atoms with van der Waals surface area (Å²) in [4.78, 5) is 22.6. The van der Waals surface area contributed by atoms with Crippen LogP contribution in [0.2, 0.25) is 5.02 Å². The molecule has 0 spiro atoms. The van der Waals surface area contributed by atoms with Crippen LogP contribution >= 0.6 is 11.6 Å². The highest BCUT2D eigenvalue weighted by atomic mass is 35.5. The molecule has 0 aromatic heterocycles. The molecule has 0 bridgehead atoms. The van der Waals surface area contributed by atoms with E-state index in [1.807, 2.05) is 0 Å². The van der Waals surface area contributed by atoms with Gasteiger partial charge >= 0.3 is 12.1 Å². The van der Waals surface area contributed by atoms with Crippen LogP contribution in [-0.2, 0) is 14.3 Å². The molecule has 0 fully saturated rings. The fourth-order valence-corrected chi connectivity index (χ4v) is 1.50. The number of halogens is 1. The number of hydrogen-bond donors (Lipinski definition) is 1. The first-order chi connectivity index (χ1) is 8.69.